The van der Waals surface area contributed by atoms with Crippen LogP contribution in [0.15, 0.2) is 36.7 Å². The number of nitrogens with zero attached hydrogens (tertiary/aromatic N) is 2. The van der Waals surface area contributed by atoms with Gasteiger partial charge in [0.05, 0.1) is 30.6 Å². The zero-order valence-electron chi connectivity index (χ0n) is 12.1. The molecule has 0 radical (unpaired) electrons. The number of hydrogen-bond donors (Lipinski definition) is 1. The number of carbonyl (C=O) groups is 1. The molecular formula is C15H16ClN3O3. The molecule has 2 rings (SSSR count). The van der Waals surface area contributed by atoms with Gasteiger partial charge in [-0.05, 0) is 24.3 Å². The monoisotopic (exact) mass is 321 g/mol. The second kappa shape index (κ2) is 8.19. The van der Waals surface area contributed by atoms with Gasteiger partial charge in [0.2, 0.25) is 5.91 Å². The molecule has 0 fully saturated rings. The topological polar surface area (TPSA) is 73.3 Å². The van der Waals surface area contributed by atoms with E-state index in [1.807, 2.05) is 0 Å². The van der Waals surface area contributed by atoms with E-state index in [1.165, 1.54) is 19.3 Å². The number of amides is 1. The van der Waals surface area contributed by atoms with Crippen LogP contribution < -0.4 is 14.8 Å². The van der Waals surface area contributed by atoms with Crippen LogP contribution in [-0.4, -0.2) is 29.1 Å². The van der Waals surface area contributed by atoms with E-state index in [2.05, 4.69) is 15.3 Å². The number of anilines is 1. The first-order valence-corrected chi connectivity index (χ1v) is 7.12. The van der Waals surface area contributed by atoms with Gasteiger partial charge in [-0.25, -0.2) is 9.97 Å². The van der Waals surface area contributed by atoms with Gasteiger partial charge in [0, 0.05) is 19.0 Å². The molecule has 116 valence electrons. The summed E-state index contributed by atoms with van der Waals surface area (Å²) < 4.78 is 10.9. The van der Waals surface area contributed by atoms with Crippen molar-refractivity contribution in [3.63, 3.8) is 0 Å². The minimum atomic E-state index is -0.102. The van der Waals surface area contributed by atoms with Gasteiger partial charge in [0.25, 0.3) is 0 Å². The first kappa shape index (κ1) is 16.0. The maximum Gasteiger partial charge on any atom is 0.316 e. The van der Waals surface area contributed by atoms with Crippen molar-refractivity contribution < 1.29 is 14.3 Å². The van der Waals surface area contributed by atoms with Crippen molar-refractivity contribution in [1.29, 1.82) is 0 Å². The van der Waals surface area contributed by atoms with Gasteiger partial charge >= 0.3 is 6.01 Å². The first-order chi connectivity index (χ1) is 10.6. The van der Waals surface area contributed by atoms with E-state index in [9.17, 15) is 4.79 Å². The lowest BCUT2D eigenvalue weighted by atomic mass is 10.3. The zero-order valence-corrected chi connectivity index (χ0v) is 12.8. The van der Waals surface area contributed by atoms with Gasteiger partial charge in [-0.3, -0.25) is 4.79 Å². The molecule has 0 atom stereocenters. The summed E-state index contributed by atoms with van der Waals surface area (Å²) in [7, 11) is 0. The van der Waals surface area contributed by atoms with Crippen LogP contribution in [0.25, 0.3) is 0 Å². The summed E-state index contributed by atoms with van der Waals surface area (Å²) in [6, 6.07) is 7.47. The molecule has 1 amide bonds. The third kappa shape index (κ3) is 5.57. The van der Waals surface area contributed by atoms with Crippen LogP contribution in [0.3, 0.4) is 0 Å². The molecule has 2 aromatic rings. The first-order valence-electron chi connectivity index (χ1n) is 6.74. The molecule has 0 saturated carbocycles. The number of aromatic nitrogens is 2. The van der Waals surface area contributed by atoms with Gasteiger partial charge in [-0.2, -0.15) is 0 Å². The smallest absolute Gasteiger partial charge is 0.316 e. The molecule has 6 nitrogen and oxygen atoms in total. The Morgan fingerprint density at radius 2 is 1.77 bits per heavy atom. The molecule has 0 aliphatic rings. The van der Waals surface area contributed by atoms with Gasteiger partial charge in [0.15, 0.2) is 0 Å². The lowest BCUT2D eigenvalue weighted by Crippen LogP contribution is -2.07. The number of halogens is 1. The third-order valence-corrected chi connectivity index (χ3v) is 2.76. The van der Waals surface area contributed by atoms with E-state index in [4.69, 9.17) is 21.1 Å². The highest BCUT2D eigenvalue weighted by Crippen LogP contribution is 2.15. The predicted octanol–water partition coefficient (Wildman–Crippen LogP) is 2.94. The van der Waals surface area contributed by atoms with Gasteiger partial charge in [-0.15, -0.1) is 0 Å². The van der Waals surface area contributed by atoms with Crippen LogP contribution >= 0.6 is 11.6 Å². The number of benzene rings is 1. The van der Waals surface area contributed by atoms with Gasteiger partial charge in [-0.1, -0.05) is 11.6 Å². The largest absolute Gasteiger partial charge is 0.493 e. The Morgan fingerprint density at radius 3 is 2.41 bits per heavy atom. The number of ether oxygens (including phenoxy) is 2. The lowest BCUT2D eigenvalue weighted by molar-refractivity contribution is -0.114. The fourth-order valence-corrected chi connectivity index (χ4v) is 1.72. The fraction of sp³-hybridized carbons (Fsp3) is 0.267. The highest BCUT2D eigenvalue weighted by molar-refractivity contribution is 6.30. The quantitative estimate of drug-likeness (QED) is 0.794. The maximum absolute atomic E-state index is 10.9. The molecule has 7 heteroatoms. The molecule has 0 bridgehead atoms. The summed E-state index contributed by atoms with van der Waals surface area (Å²) in [5, 5.41) is 3.16. The number of nitrogens with one attached hydrogen (secondary N) is 1. The molecule has 1 aromatic carbocycles. The van der Waals surface area contributed by atoms with E-state index < -0.39 is 0 Å². The van der Waals surface area contributed by atoms with E-state index in [0.717, 1.165) is 11.4 Å². The van der Waals surface area contributed by atoms with Gasteiger partial charge in [0.1, 0.15) is 5.75 Å². The Balaban J connectivity index is 1.66. The van der Waals surface area contributed by atoms with Crippen LogP contribution in [0.4, 0.5) is 5.69 Å². The highest BCUT2D eigenvalue weighted by atomic mass is 35.5. The lowest BCUT2D eigenvalue weighted by Gasteiger charge is -2.08. The Bertz CT molecular complexity index is 602. The molecule has 0 aliphatic heterocycles. The van der Waals surface area contributed by atoms with E-state index >= 15 is 0 Å². The average Bonchev–Trinajstić information content (AvgIpc) is 2.50. The highest BCUT2D eigenvalue weighted by Gasteiger charge is 1.99. The van der Waals surface area contributed by atoms with Crippen molar-refractivity contribution in [2.24, 2.45) is 0 Å². The zero-order chi connectivity index (χ0) is 15.8. The minimum absolute atomic E-state index is 0.102. The summed E-state index contributed by atoms with van der Waals surface area (Å²) in [6.45, 7) is 2.42. The molecule has 0 aliphatic carbocycles. The number of hydrogen-bond acceptors (Lipinski definition) is 5. The second-order valence-electron chi connectivity index (χ2n) is 4.44. The summed E-state index contributed by atoms with van der Waals surface area (Å²) in [5.74, 6) is 0.632. The Hall–Kier alpha value is -2.34. The molecular weight excluding hydrogens is 306 g/mol. The van der Waals surface area contributed by atoms with Crippen LogP contribution in [-0.2, 0) is 4.79 Å². The van der Waals surface area contributed by atoms with E-state index in [1.54, 1.807) is 24.3 Å². The maximum atomic E-state index is 10.9. The summed E-state index contributed by atoms with van der Waals surface area (Å²) in [6.07, 6.45) is 3.66. The number of rotatable bonds is 7. The Morgan fingerprint density at radius 1 is 1.14 bits per heavy atom. The molecule has 1 aromatic heterocycles. The Kier molecular flexibility index (Phi) is 5.97. The van der Waals surface area contributed by atoms with Crippen LogP contribution in [0.2, 0.25) is 5.02 Å². The predicted molar refractivity (Wildman–Crippen MR) is 83.4 cm³/mol. The van der Waals surface area contributed by atoms with Crippen molar-refractivity contribution in [1.82, 2.24) is 9.97 Å². The van der Waals surface area contributed by atoms with Gasteiger partial charge < -0.3 is 14.8 Å². The van der Waals surface area contributed by atoms with Crippen molar-refractivity contribution in [3.8, 4) is 11.8 Å². The summed E-state index contributed by atoms with van der Waals surface area (Å²) in [5.41, 5.74) is 0.739. The second-order valence-corrected chi connectivity index (χ2v) is 4.88. The van der Waals surface area contributed by atoms with Crippen LogP contribution in [0, 0.1) is 0 Å². The fourth-order valence-electron chi connectivity index (χ4n) is 1.63. The normalized spacial score (nSPS) is 10.1. The van der Waals surface area contributed by atoms with Crippen molar-refractivity contribution >= 4 is 23.2 Å². The molecule has 1 N–H and O–H groups in total. The van der Waals surface area contributed by atoms with Crippen molar-refractivity contribution in [2.75, 3.05) is 18.5 Å². The summed E-state index contributed by atoms with van der Waals surface area (Å²) >= 11 is 5.68. The number of carbonyl (C=O) groups excluding carboxylic acids is 1. The average molecular weight is 322 g/mol. The van der Waals surface area contributed by atoms with Crippen molar-refractivity contribution in [3.05, 3.63) is 41.7 Å². The van der Waals surface area contributed by atoms with E-state index in [0.29, 0.717) is 30.7 Å². The van der Waals surface area contributed by atoms with Crippen LogP contribution in [0.5, 0.6) is 11.8 Å². The third-order valence-electron chi connectivity index (χ3n) is 2.56. The summed E-state index contributed by atoms with van der Waals surface area (Å²) in [4.78, 5) is 18.8. The minimum Gasteiger partial charge on any atom is -0.493 e. The van der Waals surface area contributed by atoms with E-state index in [-0.39, 0.29) is 5.91 Å². The van der Waals surface area contributed by atoms with Crippen molar-refractivity contribution in [2.45, 2.75) is 13.3 Å². The SMILES string of the molecule is CC(=O)Nc1ccc(OCCCOc2ncc(Cl)cn2)cc1. The molecule has 0 spiro atoms. The standard InChI is InChI=1S/C15H16ClN3O3/c1-11(20)19-13-3-5-14(6-4-13)21-7-2-8-22-15-17-9-12(16)10-18-15/h3-6,9-10H,2,7-8H2,1H3,(H,19,20). The molecule has 0 saturated heterocycles. The Labute approximate surface area is 133 Å². The molecule has 0 unspecified atom stereocenters. The molecule has 22 heavy (non-hydrogen) atoms. The molecule has 1 heterocycles. The van der Waals surface area contributed by atoms with Crippen LogP contribution in [0.1, 0.15) is 13.3 Å².